The quantitative estimate of drug-likeness (QED) is 0.0473. The van der Waals surface area contributed by atoms with E-state index >= 15 is 0 Å². The number of aliphatic carboxylic acids is 3. The van der Waals surface area contributed by atoms with Gasteiger partial charge >= 0.3 is 17.9 Å². The van der Waals surface area contributed by atoms with Gasteiger partial charge in [-0.1, -0.05) is 92.8 Å². The minimum Gasteiger partial charge on any atom is -0.481 e. The highest BCUT2D eigenvalue weighted by Crippen LogP contribution is 2.30. The van der Waals surface area contributed by atoms with Gasteiger partial charge in [0, 0.05) is 43.7 Å². The van der Waals surface area contributed by atoms with Gasteiger partial charge in [0.15, 0.2) is 5.01 Å². The zero-order valence-electron chi connectivity index (χ0n) is 38.1. The lowest BCUT2D eigenvalue weighted by Crippen LogP contribution is -2.61. The van der Waals surface area contributed by atoms with Crippen LogP contribution in [-0.2, 0) is 43.2 Å². The van der Waals surface area contributed by atoms with Crippen molar-refractivity contribution in [3.63, 3.8) is 0 Å². The fraction of sp³-hybridized carbons (Fsp3) is 0.468. The highest BCUT2D eigenvalue weighted by Gasteiger charge is 2.39. The zero-order valence-corrected chi connectivity index (χ0v) is 39.0. The first-order chi connectivity index (χ1) is 33.3. The van der Waals surface area contributed by atoms with Crippen molar-refractivity contribution in [2.24, 2.45) is 5.92 Å². The summed E-state index contributed by atoms with van der Waals surface area (Å²) in [7, 11) is 0. The fourth-order valence-electron chi connectivity index (χ4n) is 8.12. The first-order valence-corrected chi connectivity index (χ1v) is 23.5. The molecule has 0 aliphatic heterocycles. The van der Waals surface area contributed by atoms with Crippen LogP contribution in [0.15, 0.2) is 72.2 Å². The first kappa shape index (κ1) is 55.4. The SMILES string of the molecule is CC(=O)NC(CC(=O)O)C(=O)NC(CCC(=O)O)C(=O)NC(C(=O)NC(CCC(=O)O)C(=O)NC(CC1CCCCC1)C(=O)NC(CC(F)F)C(=O)c1nccs1)C(c1ccccc1)c1ccccc1. The number of alkyl halides is 2. The van der Waals surface area contributed by atoms with Crippen molar-refractivity contribution in [1.29, 1.82) is 0 Å². The molecule has 3 aromatic rings. The number of amides is 6. The molecule has 0 spiro atoms. The number of aromatic nitrogens is 1. The maximum atomic E-state index is 14.9. The normalized spacial score (nSPS) is 15.2. The fourth-order valence-corrected chi connectivity index (χ4v) is 8.76. The minimum atomic E-state index is -3.03. The number of carboxylic acid groups (broad SMARTS) is 3. The van der Waals surface area contributed by atoms with Crippen LogP contribution >= 0.6 is 11.3 Å². The molecule has 1 fully saturated rings. The third-order valence-electron chi connectivity index (χ3n) is 11.5. The molecule has 23 heteroatoms. The Balaban J connectivity index is 1.75. The lowest BCUT2D eigenvalue weighted by Gasteiger charge is -2.32. The Hall–Kier alpha value is -7.17. The molecule has 2 aromatic carbocycles. The maximum absolute atomic E-state index is 14.9. The predicted molar refractivity (Wildman–Crippen MR) is 246 cm³/mol. The molecule has 20 nitrogen and oxygen atoms in total. The van der Waals surface area contributed by atoms with Gasteiger partial charge in [0.1, 0.15) is 36.3 Å². The summed E-state index contributed by atoms with van der Waals surface area (Å²) in [4.78, 5) is 136. The smallest absolute Gasteiger partial charge is 0.305 e. The summed E-state index contributed by atoms with van der Waals surface area (Å²) in [6.45, 7) is 1.02. The maximum Gasteiger partial charge on any atom is 0.305 e. The van der Waals surface area contributed by atoms with Crippen LogP contribution < -0.4 is 31.9 Å². The Kier molecular flexibility index (Phi) is 22.0. The predicted octanol–water partition coefficient (Wildman–Crippen LogP) is 2.92. The molecule has 1 aromatic heterocycles. The van der Waals surface area contributed by atoms with Crippen LogP contribution in [0.3, 0.4) is 0 Å². The van der Waals surface area contributed by atoms with E-state index in [0.717, 1.165) is 37.5 Å². The average Bonchev–Trinajstić information content (AvgIpc) is 3.86. The highest BCUT2D eigenvalue weighted by atomic mass is 32.1. The lowest BCUT2D eigenvalue weighted by molar-refractivity contribution is -0.141. The number of hydrogen-bond acceptors (Lipinski definition) is 12. The molecule has 1 saturated carbocycles. The van der Waals surface area contributed by atoms with Gasteiger partial charge in [0.2, 0.25) is 47.7 Å². The Morgan fingerprint density at radius 2 is 1.10 bits per heavy atom. The van der Waals surface area contributed by atoms with Gasteiger partial charge in [-0.3, -0.25) is 47.9 Å². The third kappa shape index (κ3) is 18.1. The number of carboxylic acids is 3. The molecule has 6 atom stereocenters. The van der Waals surface area contributed by atoms with E-state index in [1.165, 1.54) is 11.6 Å². The number of hydrogen-bond donors (Lipinski definition) is 9. The second kappa shape index (κ2) is 27.7. The molecule has 0 radical (unpaired) electrons. The van der Waals surface area contributed by atoms with Gasteiger partial charge in [-0.2, -0.15) is 0 Å². The first-order valence-electron chi connectivity index (χ1n) is 22.6. The van der Waals surface area contributed by atoms with E-state index < -0.39 is 146 Å². The molecule has 70 heavy (non-hydrogen) atoms. The van der Waals surface area contributed by atoms with E-state index in [1.807, 2.05) is 0 Å². The number of rotatable bonds is 28. The number of benzene rings is 2. The highest BCUT2D eigenvalue weighted by molar-refractivity contribution is 7.11. The van der Waals surface area contributed by atoms with Crippen LogP contribution in [0.25, 0.3) is 0 Å². The number of thiazole rings is 1. The summed E-state index contributed by atoms with van der Waals surface area (Å²) in [6.07, 6.45) is -2.49. The summed E-state index contributed by atoms with van der Waals surface area (Å²) >= 11 is 0.879. The molecule has 378 valence electrons. The number of carbonyl (C=O) groups is 10. The molecule has 6 amide bonds. The molecule has 1 heterocycles. The van der Waals surface area contributed by atoms with Crippen LogP contribution in [0.5, 0.6) is 0 Å². The molecular formula is C47H57F2N7O13S. The largest absolute Gasteiger partial charge is 0.481 e. The van der Waals surface area contributed by atoms with Crippen molar-refractivity contribution in [3.05, 3.63) is 88.4 Å². The summed E-state index contributed by atoms with van der Waals surface area (Å²) in [5.41, 5.74) is 0.850. The number of halogens is 2. The number of nitrogens with zero attached hydrogens (tertiary/aromatic N) is 1. The Morgan fingerprint density at radius 1 is 0.614 bits per heavy atom. The summed E-state index contributed by atoms with van der Waals surface area (Å²) in [5.74, 6) is -12.7. The van der Waals surface area contributed by atoms with Gasteiger partial charge in [0.25, 0.3) is 0 Å². The van der Waals surface area contributed by atoms with E-state index in [2.05, 4.69) is 36.9 Å². The molecule has 4 rings (SSSR count). The van der Waals surface area contributed by atoms with Crippen molar-refractivity contribution in [3.8, 4) is 0 Å². The summed E-state index contributed by atoms with van der Waals surface area (Å²) in [6, 6.07) is 6.24. The average molecular weight is 998 g/mol. The Bertz CT molecular complexity index is 2230. The molecular weight excluding hydrogens is 941 g/mol. The van der Waals surface area contributed by atoms with E-state index in [9.17, 15) is 72.0 Å². The molecule has 9 N–H and O–H groups in total. The van der Waals surface area contributed by atoms with E-state index in [-0.39, 0.29) is 17.3 Å². The summed E-state index contributed by atoms with van der Waals surface area (Å²) in [5, 5.41) is 44.5. The topological polar surface area (TPSA) is 316 Å². The molecule has 0 bridgehead atoms. The molecule has 6 unspecified atom stereocenters. The monoisotopic (exact) mass is 997 g/mol. The van der Waals surface area contributed by atoms with Crippen LogP contribution in [0.4, 0.5) is 8.78 Å². The summed E-state index contributed by atoms with van der Waals surface area (Å²) < 4.78 is 27.6. The van der Waals surface area contributed by atoms with E-state index in [4.69, 9.17) is 0 Å². The Labute approximate surface area is 405 Å². The lowest BCUT2D eigenvalue weighted by atomic mass is 9.84. The standard InChI is InChI=1S/C47H57F2N7O13S/c1-26(57)51-34(25-38(62)63)45(68)52-31(18-20-37(60)61)43(66)56-40(39(28-13-7-3-8-14-28)29-15-9-4-10-16-29)46(69)53-30(17-19-36(58)59)42(65)55-33(23-27-11-5-2-6-12-27)44(67)54-32(24-35(48)49)41(64)47-50-21-22-70-47/h3-4,7-10,13-16,21-22,27,30-35,39-40H,2,5-6,11-12,17-20,23-25H2,1H3,(H,51,57)(H,52,68)(H,53,69)(H,54,67)(H,55,65)(H,56,66)(H,58,59)(H,60,61)(H,62,63). The van der Waals surface area contributed by atoms with Gasteiger partial charge in [-0.05, 0) is 36.3 Å². The van der Waals surface area contributed by atoms with Crippen LogP contribution in [0.2, 0.25) is 0 Å². The second-order valence-electron chi connectivity index (χ2n) is 16.8. The third-order valence-corrected chi connectivity index (χ3v) is 12.3. The van der Waals surface area contributed by atoms with Gasteiger partial charge < -0.3 is 47.2 Å². The second-order valence-corrected chi connectivity index (χ2v) is 17.7. The van der Waals surface area contributed by atoms with Crippen molar-refractivity contribution in [2.75, 3.05) is 0 Å². The number of carbonyl (C=O) groups excluding carboxylic acids is 7. The minimum absolute atomic E-state index is 0.00844. The van der Waals surface area contributed by atoms with Crippen LogP contribution in [0.1, 0.15) is 111 Å². The Morgan fingerprint density at radius 3 is 1.59 bits per heavy atom. The zero-order chi connectivity index (χ0) is 51.3. The number of nitrogens with one attached hydrogen (secondary N) is 6. The molecule has 1 aliphatic rings. The molecule has 1 aliphatic carbocycles. The van der Waals surface area contributed by atoms with Gasteiger partial charge in [0.05, 0.1) is 6.42 Å². The van der Waals surface area contributed by atoms with E-state index in [1.54, 1.807) is 60.7 Å². The van der Waals surface area contributed by atoms with Crippen LogP contribution in [-0.4, -0.2) is 122 Å². The van der Waals surface area contributed by atoms with Crippen molar-refractivity contribution in [2.45, 2.75) is 133 Å². The van der Waals surface area contributed by atoms with Crippen molar-refractivity contribution >= 4 is 70.5 Å². The number of Topliss-reactive ketones (excluding diaryl/α,β-unsaturated/α-hetero) is 1. The number of ketones is 1. The van der Waals surface area contributed by atoms with Crippen molar-refractivity contribution < 1.29 is 72.0 Å². The van der Waals surface area contributed by atoms with E-state index in [0.29, 0.717) is 24.0 Å². The van der Waals surface area contributed by atoms with Gasteiger partial charge in [-0.25, -0.2) is 13.8 Å². The van der Waals surface area contributed by atoms with Crippen LogP contribution in [0, 0.1) is 5.92 Å². The van der Waals surface area contributed by atoms with Gasteiger partial charge in [-0.15, -0.1) is 11.3 Å². The van der Waals surface area contributed by atoms with Crippen molar-refractivity contribution in [1.82, 2.24) is 36.9 Å². The molecule has 0 saturated heterocycles.